The molecule has 1 aliphatic heterocycles. The summed E-state index contributed by atoms with van der Waals surface area (Å²) < 4.78 is 1.22. The number of hydrogen-bond acceptors (Lipinski definition) is 3. The number of thiophene rings is 1. The van der Waals surface area contributed by atoms with Gasteiger partial charge in [0.1, 0.15) is 0 Å². The summed E-state index contributed by atoms with van der Waals surface area (Å²) in [5.41, 5.74) is 0. The van der Waals surface area contributed by atoms with Gasteiger partial charge in [-0.1, -0.05) is 6.92 Å². The predicted octanol–water partition coefficient (Wildman–Crippen LogP) is 3.04. The number of halogens is 1. The second-order valence-corrected chi connectivity index (χ2v) is 6.26. The lowest BCUT2D eigenvalue weighted by Crippen LogP contribution is -2.45. The Hall–Kier alpha value is 0.1000. The van der Waals surface area contributed by atoms with Crippen molar-refractivity contribution in [2.24, 2.45) is 0 Å². The van der Waals surface area contributed by atoms with Gasteiger partial charge in [0.2, 0.25) is 0 Å². The van der Waals surface area contributed by atoms with Crippen molar-refractivity contribution in [2.75, 3.05) is 32.7 Å². The number of hydrogen-bond donors (Lipinski definition) is 0. The van der Waals surface area contributed by atoms with Crippen LogP contribution in [0.4, 0.5) is 0 Å². The van der Waals surface area contributed by atoms with E-state index in [1.807, 2.05) is 11.3 Å². The predicted molar refractivity (Wildman–Crippen MR) is 74.0 cm³/mol. The Morgan fingerprint density at radius 1 is 1.25 bits per heavy atom. The smallest absolute Gasteiger partial charge is 0.0329 e. The first kappa shape index (κ1) is 12.6. The number of rotatable bonds is 4. The van der Waals surface area contributed by atoms with Crippen molar-refractivity contribution in [1.29, 1.82) is 0 Å². The van der Waals surface area contributed by atoms with E-state index >= 15 is 0 Å². The molecule has 2 heterocycles. The zero-order chi connectivity index (χ0) is 11.4. The van der Waals surface area contributed by atoms with Gasteiger partial charge in [-0.2, -0.15) is 0 Å². The molecule has 1 aromatic rings. The largest absolute Gasteiger partial charge is 0.301 e. The Morgan fingerprint density at radius 3 is 2.50 bits per heavy atom. The Balaban J connectivity index is 1.77. The van der Waals surface area contributed by atoms with Crippen molar-refractivity contribution in [3.63, 3.8) is 0 Å². The summed E-state index contributed by atoms with van der Waals surface area (Å²) in [6, 6.07) is 2.24. The first-order valence-electron chi connectivity index (χ1n) is 5.95. The number of nitrogens with zero attached hydrogens (tertiary/aromatic N) is 2. The van der Waals surface area contributed by atoms with Gasteiger partial charge in [0.15, 0.2) is 0 Å². The molecule has 0 unspecified atom stereocenters. The zero-order valence-electron chi connectivity index (χ0n) is 9.79. The van der Waals surface area contributed by atoms with Gasteiger partial charge in [-0.3, -0.25) is 4.90 Å². The van der Waals surface area contributed by atoms with Crippen molar-refractivity contribution in [3.05, 3.63) is 20.8 Å². The molecule has 4 heteroatoms. The minimum atomic E-state index is 1.12. The SMILES string of the molecule is CCCN1CCN(Cc2cc(Br)cs2)CC1. The van der Waals surface area contributed by atoms with E-state index in [1.54, 1.807) is 0 Å². The van der Waals surface area contributed by atoms with Gasteiger partial charge >= 0.3 is 0 Å². The molecule has 0 radical (unpaired) electrons. The van der Waals surface area contributed by atoms with Crippen LogP contribution in [0.5, 0.6) is 0 Å². The fourth-order valence-electron chi connectivity index (χ4n) is 2.14. The van der Waals surface area contributed by atoms with Crippen LogP contribution in [0, 0.1) is 0 Å². The average Bonchev–Trinajstić information content (AvgIpc) is 2.67. The molecule has 1 aromatic heterocycles. The van der Waals surface area contributed by atoms with Crippen LogP contribution in [0.1, 0.15) is 18.2 Å². The van der Waals surface area contributed by atoms with Gasteiger partial charge in [0.25, 0.3) is 0 Å². The van der Waals surface area contributed by atoms with Crippen molar-refractivity contribution in [2.45, 2.75) is 19.9 Å². The molecule has 0 aromatic carbocycles. The summed E-state index contributed by atoms with van der Waals surface area (Å²) in [5, 5.41) is 2.17. The monoisotopic (exact) mass is 302 g/mol. The van der Waals surface area contributed by atoms with Crippen LogP contribution in [0.15, 0.2) is 15.9 Å². The molecule has 0 atom stereocenters. The van der Waals surface area contributed by atoms with E-state index in [4.69, 9.17) is 0 Å². The van der Waals surface area contributed by atoms with E-state index in [1.165, 1.54) is 48.5 Å². The maximum atomic E-state index is 3.51. The lowest BCUT2D eigenvalue weighted by Gasteiger charge is -2.34. The van der Waals surface area contributed by atoms with Gasteiger partial charge in [-0.25, -0.2) is 0 Å². The zero-order valence-corrected chi connectivity index (χ0v) is 12.2. The molecule has 0 bridgehead atoms. The molecule has 0 spiro atoms. The van der Waals surface area contributed by atoms with Crippen LogP contribution >= 0.6 is 27.3 Å². The Kier molecular flexibility index (Phi) is 4.82. The fourth-order valence-corrected chi connectivity index (χ4v) is 3.64. The lowest BCUT2D eigenvalue weighted by molar-refractivity contribution is 0.128. The number of piperazine rings is 1. The lowest BCUT2D eigenvalue weighted by atomic mass is 10.3. The van der Waals surface area contributed by atoms with Crippen LogP contribution in [-0.4, -0.2) is 42.5 Å². The third kappa shape index (κ3) is 3.55. The first-order valence-corrected chi connectivity index (χ1v) is 7.63. The Labute approximate surface area is 110 Å². The first-order chi connectivity index (χ1) is 7.78. The molecule has 90 valence electrons. The molecule has 1 aliphatic rings. The van der Waals surface area contributed by atoms with E-state index in [9.17, 15) is 0 Å². The molecule has 1 fully saturated rings. The van der Waals surface area contributed by atoms with Crippen molar-refractivity contribution in [3.8, 4) is 0 Å². The highest BCUT2D eigenvalue weighted by atomic mass is 79.9. The summed E-state index contributed by atoms with van der Waals surface area (Å²) in [6.07, 6.45) is 1.28. The summed E-state index contributed by atoms with van der Waals surface area (Å²) >= 11 is 5.36. The quantitative estimate of drug-likeness (QED) is 0.843. The van der Waals surface area contributed by atoms with E-state index in [0.29, 0.717) is 0 Å². The summed E-state index contributed by atoms with van der Waals surface area (Å²) in [4.78, 5) is 6.60. The van der Waals surface area contributed by atoms with Crippen LogP contribution in [-0.2, 0) is 6.54 Å². The topological polar surface area (TPSA) is 6.48 Å². The second-order valence-electron chi connectivity index (χ2n) is 4.35. The highest BCUT2D eigenvalue weighted by Crippen LogP contribution is 2.21. The van der Waals surface area contributed by atoms with Gasteiger partial charge < -0.3 is 4.90 Å². The third-order valence-corrected chi connectivity index (χ3v) is 4.69. The van der Waals surface area contributed by atoms with Crippen molar-refractivity contribution < 1.29 is 0 Å². The van der Waals surface area contributed by atoms with Crippen LogP contribution in [0.3, 0.4) is 0 Å². The molecule has 16 heavy (non-hydrogen) atoms. The highest BCUT2D eigenvalue weighted by molar-refractivity contribution is 9.10. The normalized spacial score (nSPS) is 19.1. The fraction of sp³-hybridized carbons (Fsp3) is 0.667. The molecule has 0 N–H and O–H groups in total. The summed E-state index contributed by atoms with van der Waals surface area (Å²) in [5.74, 6) is 0. The Bertz CT molecular complexity index is 319. The maximum absolute atomic E-state index is 3.51. The van der Waals surface area contributed by atoms with Crippen LogP contribution < -0.4 is 0 Å². The molecule has 0 aliphatic carbocycles. The second kappa shape index (κ2) is 6.15. The molecular formula is C12H19BrN2S. The van der Waals surface area contributed by atoms with Crippen LogP contribution in [0.25, 0.3) is 0 Å². The van der Waals surface area contributed by atoms with Crippen molar-refractivity contribution in [1.82, 2.24) is 9.80 Å². The van der Waals surface area contributed by atoms with E-state index in [2.05, 4.69) is 44.1 Å². The molecule has 2 rings (SSSR count). The highest BCUT2D eigenvalue weighted by Gasteiger charge is 2.16. The standard InChI is InChI=1S/C12H19BrN2S/c1-2-3-14-4-6-15(7-5-14)9-12-8-11(13)10-16-12/h8,10H,2-7,9H2,1H3. The van der Waals surface area contributed by atoms with Gasteiger partial charge in [0.05, 0.1) is 0 Å². The van der Waals surface area contributed by atoms with Gasteiger partial charge in [-0.05, 0) is 35.0 Å². The molecule has 0 saturated carbocycles. The minimum Gasteiger partial charge on any atom is -0.301 e. The van der Waals surface area contributed by atoms with Crippen molar-refractivity contribution >= 4 is 27.3 Å². The van der Waals surface area contributed by atoms with E-state index in [0.717, 1.165) is 6.54 Å². The van der Waals surface area contributed by atoms with E-state index < -0.39 is 0 Å². The summed E-state index contributed by atoms with van der Waals surface area (Å²) in [6.45, 7) is 9.55. The molecule has 2 nitrogen and oxygen atoms in total. The van der Waals surface area contributed by atoms with E-state index in [-0.39, 0.29) is 0 Å². The van der Waals surface area contributed by atoms with Gasteiger partial charge in [0, 0.05) is 47.5 Å². The van der Waals surface area contributed by atoms with Gasteiger partial charge in [-0.15, -0.1) is 11.3 Å². The van der Waals surface area contributed by atoms with Crippen LogP contribution in [0.2, 0.25) is 0 Å². The maximum Gasteiger partial charge on any atom is 0.0329 e. The molecular weight excluding hydrogens is 284 g/mol. The molecule has 1 saturated heterocycles. The molecule has 0 amide bonds. The minimum absolute atomic E-state index is 1.12. The average molecular weight is 303 g/mol. The Morgan fingerprint density at radius 2 is 1.94 bits per heavy atom. The third-order valence-electron chi connectivity index (χ3n) is 3.01. The summed E-state index contributed by atoms with van der Waals surface area (Å²) in [7, 11) is 0.